The number of imidazole rings is 1. The van der Waals surface area contributed by atoms with Crippen LogP contribution in [0.25, 0.3) is 11.1 Å². The molecule has 0 aliphatic rings. The first-order valence-electron chi connectivity index (χ1n) is 8.76. The first kappa shape index (κ1) is 18.8. The van der Waals surface area contributed by atoms with E-state index in [0.717, 1.165) is 18.8 Å². The third-order valence-corrected chi connectivity index (χ3v) is 4.40. The Balaban J connectivity index is 1.74. The zero-order valence-corrected chi connectivity index (χ0v) is 15.7. The standard InChI is InChI=1S/C18H23N5O4/c1-12-14(16(24)20-5-4-7-22-8-6-19-13(22)2)15-17(27-12)21-11-23(18(15)25)9-10-26-3/h6,8,11H,4-5,7,9-10H2,1-3H3,(H,20,24). The monoisotopic (exact) mass is 373 g/mol. The smallest absolute Gasteiger partial charge is 0.265 e. The normalized spacial score (nSPS) is 11.2. The number of nitrogens with one attached hydrogen (secondary N) is 1. The van der Waals surface area contributed by atoms with Crippen molar-refractivity contribution in [3.05, 3.63) is 46.2 Å². The molecule has 0 bridgehead atoms. The van der Waals surface area contributed by atoms with Gasteiger partial charge in [0.2, 0.25) is 5.71 Å². The topological polar surface area (TPSA) is 104 Å². The largest absolute Gasteiger partial charge is 0.442 e. The Bertz CT molecular complexity index is 1000. The van der Waals surface area contributed by atoms with Gasteiger partial charge in [0.15, 0.2) is 0 Å². The van der Waals surface area contributed by atoms with E-state index in [-0.39, 0.29) is 28.1 Å². The Morgan fingerprint density at radius 2 is 2.07 bits per heavy atom. The summed E-state index contributed by atoms with van der Waals surface area (Å²) in [4.78, 5) is 33.7. The highest BCUT2D eigenvalue weighted by atomic mass is 16.5. The number of rotatable bonds is 8. The highest BCUT2D eigenvalue weighted by molar-refractivity contribution is 6.06. The molecule has 0 radical (unpaired) electrons. The summed E-state index contributed by atoms with van der Waals surface area (Å²) in [5, 5.41) is 3.06. The average Bonchev–Trinajstić information content (AvgIpc) is 3.21. The van der Waals surface area contributed by atoms with E-state index < -0.39 is 0 Å². The van der Waals surface area contributed by atoms with Crippen LogP contribution in [0.5, 0.6) is 0 Å². The van der Waals surface area contributed by atoms with Crippen molar-refractivity contribution in [3.8, 4) is 0 Å². The number of methoxy groups -OCH3 is 1. The van der Waals surface area contributed by atoms with E-state index in [1.54, 1.807) is 20.2 Å². The van der Waals surface area contributed by atoms with E-state index in [4.69, 9.17) is 9.15 Å². The lowest BCUT2D eigenvalue weighted by atomic mass is 10.1. The van der Waals surface area contributed by atoms with Gasteiger partial charge in [0.1, 0.15) is 23.3 Å². The fourth-order valence-corrected chi connectivity index (χ4v) is 2.94. The summed E-state index contributed by atoms with van der Waals surface area (Å²) in [5.74, 6) is 0.972. The van der Waals surface area contributed by atoms with Gasteiger partial charge in [-0.2, -0.15) is 0 Å². The Morgan fingerprint density at radius 1 is 1.26 bits per heavy atom. The van der Waals surface area contributed by atoms with Crippen LogP contribution in [-0.2, 0) is 17.8 Å². The summed E-state index contributed by atoms with van der Waals surface area (Å²) in [5.41, 5.74) is 0.103. The van der Waals surface area contributed by atoms with Crippen LogP contribution in [0.1, 0.15) is 28.4 Å². The molecule has 0 saturated carbocycles. The summed E-state index contributed by atoms with van der Waals surface area (Å²) >= 11 is 0. The van der Waals surface area contributed by atoms with Gasteiger partial charge in [-0.1, -0.05) is 0 Å². The molecule has 27 heavy (non-hydrogen) atoms. The predicted octanol–water partition coefficient (Wildman–Crippen LogP) is 1.27. The third-order valence-electron chi connectivity index (χ3n) is 4.40. The van der Waals surface area contributed by atoms with E-state index in [2.05, 4.69) is 15.3 Å². The second kappa shape index (κ2) is 8.17. The molecule has 0 unspecified atom stereocenters. The summed E-state index contributed by atoms with van der Waals surface area (Å²) in [6, 6.07) is 0. The maximum Gasteiger partial charge on any atom is 0.265 e. The lowest BCUT2D eigenvalue weighted by Gasteiger charge is -2.07. The molecule has 144 valence electrons. The highest BCUT2D eigenvalue weighted by Crippen LogP contribution is 2.20. The number of hydrogen-bond acceptors (Lipinski definition) is 6. The van der Waals surface area contributed by atoms with Gasteiger partial charge in [0.25, 0.3) is 11.5 Å². The first-order valence-corrected chi connectivity index (χ1v) is 8.76. The number of furan rings is 1. The number of aromatic nitrogens is 4. The van der Waals surface area contributed by atoms with Crippen LogP contribution in [-0.4, -0.2) is 45.3 Å². The summed E-state index contributed by atoms with van der Waals surface area (Å²) in [6.45, 7) is 5.54. The van der Waals surface area contributed by atoms with Crippen molar-refractivity contribution >= 4 is 17.0 Å². The van der Waals surface area contributed by atoms with Gasteiger partial charge in [-0.15, -0.1) is 0 Å². The van der Waals surface area contributed by atoms with E-state index in [9.17, 15) is 9.59 Å². The van der Waals surface area contributed by atoms with Crippen LogP contribution in [0.3, 0.4) is 0 Å². The maximum absolute atomic E-state index is 12.7. The molecule has 0 spiro atoms. The SMILES string of the molecule is COCCn1cnc2oc(C)c(C(=O)NCCCn3ccnc3C)c2c1=O. The molecule has 0 saturated heterocycles. The average molecular weight is 373 g/mol. The molecule has 1 amide bonds. The lowest BCUT2D eigenvalue weighted by molar-refractivity contribution is 0.0952. The van der Waals surface area contributed by atoms with Gasteiger partial charge in [-0.3, -0.25) is 14.2 Å². The highest BCUT2D eigenvalue weighted by Gasteiger charge is 2.22. The van der Waals surface area contributed by atoms with Gasteiger partial charge in [-0.05, 0) is 20.3 Å². The van der Waals surface area contributed by atoms with Crippen LogP contribution < -0.4 is 10.9 Å². The summed E-state index contributed by atoms with van der Waals surface area (Å²) in [7, 11) is 1.56. The van der Waals surface area contributed by atoms with Crippen LogP contribution in [0.2, 0.25) is 0 Å². The summed E-state index contributed by atoms with van der Waals surface area (Å²) < 4.78 is 13.9. The fourth-order valence-electron chi connectivity index (χ4n) is 2.94. The molecule has 3 heterocycles. The molecule has 0 fully saturated rings. The van der Waals surface area contributed by atoms with Gasteiger partial charge >= 0.3 is 0 Å². The minimum Gasteiger partial charge on any atom is -0.442 e. The molecule has 0 aliphatic carbocycles. The van der Waals surface area contributed by atoms with E-state index in [1.165, 1.54) is 10.9 Å². The van der Waals surface area contributed by atoms with E-state index >= 15 is 0 Å². The van der Waals surface area contributed by atoms with E-state index in [0.29, 0.717) is 25.5 Å². The maximum atomic E-state index is 12.7. The fraction of sp³-hybridized carbons (Fsp3) is 0.444. The zero-order chi connectivity index (χ0) is 19.4. The number of ether oxygens (including phenoxy) is 1. The van der Waals surface area contributed by atoms with Crippen LogP contribution in [0.15, 0.2) is 27.9 Å². The molecule has 0 aliphatic heterocycles. The Kier molecular flexibility index (Phi) is 5.70. The number of carbonyl (C=O) groups is 1. The molecule has 3 aromatic rings. The number of amides is 1. The van der Waals surface area contributed by atoms with Crippen molar-refractivity contribution in [2.24, 2.45) is 0 Å². The predicted molar refractivity (Wildman–Crippen MR) is 98.8 cm³/mol. The van der Waals surface area contributed by atoms with Crippen molar-refractivity contribution in [2.75, 3.05) is 20.3 Å². The summed E-state index contributed by atoms with van der Waals surface area (Å²) in [6.07, 6.45) is 5.80. The second-order valence-electron chi connectivity index (χ2n) is 6.23. The van der Waals surface area contributed by atoms with Gasteiger partial charge < -0.3 is 19.0 Å². The number of carbonyl (C=O) groups excluding carboxylic acids is 1. The number of fused-ring (bicyclic) bond motifs is 1. The van der Waals surface area contributed by atoms with E-state index in [1.807, 2.05) is 17.7 Å². The van der Waals surface area contributed by atoms with Gasteiger partial charge in [0, 0.05) is 32.6 Å². The third kappa shape index (κ3) is 3.92. The van der Waals surface area contributed by atoms with Gasteiger partial charge in [-0.25, -0.2) is 9.97 Å². The Hall–Kier alpha value is -2.94. The van der Waals surface area contributed by atoms with Crippen molar-refractivity contribution in [1.82, 2.24) is 24.4 Å². The van der Waals surface area contributed by atoms with Crippen LogP contribution >= 0.6 is 0 Å². The van der Waals surface area contributed by atoms with Crippen LogP contribution in [0, 0.1) is 13.8 Å². The van der Waals surface area contributed by atoms with Crippen molar-refractivity contribution in [2.45, 2.75) is 33.4 Å². The molecule has 0 aromatic carbocycles. The molecule has 1 N–H and O–H groups in total. The molecular formula is C18H23N5O4. The number of hydrogen-bond donors (Lipinski definition) is 1. The minimum absolute atomic E-state index is 0.172. The second-order valence-corrected chi connectivity index (χ2v) is 6.23. The quantitative estimate of drug-likeness (QED) is 0.596. The van der Waals surface area contributed by atoms with Crippen molar-refractivity contribution in [3.63, 3.8) is 0 Å². The number of aryl methyl sites for hydroxylation is 3. The lowest BCUT2D eigenvalue weighted by Crippen LogP contribution is -2.28. The number of nitrogens with zero attached hydrogens (tertiary/aromatic N) is 4. The molecule has 0 atom stereocenters. The van der Waals surface area contributed by atoms with Crippen molar-refractivity contribution in [1.29, 1.82) is 0 Å². The first-order chi connectivity index (χ1) is 13.0. The molecule has 3 aromatic heterocycles. The molecule has 3 rings (SSSR count). The minimum atomic E-state index is -0.336. The zero-order valence-electron chi connectivity index (χ0n) is 15.7. The Morgan fingerprint density at radius 3 is 2.78 bits per heavy atom. The molecular weight excluding hydrogens is 350 g/mol. The van der Waals surface area contributed by atoms with Crippen molar-refractivity contribution < 1.29 is 13.9 Å². The van der Waals surface area contributed by atoms with Gasteiger partial charge in [0.05, 0.1) is 18.7 Å². The van der Waals surface area contributed by atoms with Crippen LogP contribution in [0.4, 0.5) is 0 Å². The Labute approximate surface area is 156 Å². The molecule has 9 nitrogen and oxygen atoms in total. The molecule has 9 heteroatoms.